The van der Waals surface area contributed by atoms with Gasteiger partial charge in [-0.05, 0) is 57.4 Å². The Morgan fingerprint density at radius 3 is 2.74 bits per heavy atom. The zero-order chi connectivity index (χ0) is 17.3. The van der Waals surface area contributed by atoms with Crippen LogP contribution in [-0.2, 0) is 16.4 Å². The molecule has 0 unspecified atom stereocenters. The lowest BCUT2D eigenvalue weighted by atomic mass is 9.94. The number of benzene rings is 1. The molecule has 0 saturated carbocycles. The molecule has 2 N–H and O–H groups in total. The first-order valence-corrected chi connectivity index (χ1v) is 9.08. The molecule has 23 heavy (non-hydrogen) atoms. The molecule has 1 aliphatic heterocycles. The topological polar surface area (TPSA) is 95.9 Å². The van der Waals surface area contributed by atoms with E-state index in [1.807, 2.05) is 13.8 Å². The molecule has 0 aliphatic carbocycles. The van der Waals surface area contributed by atoms with Gasteiger partial charge < -0.3 is 9.84 Å². The lowest BCUT2D eigenvalue weighted by Crippen LogP contribution is -2.41. The van der Waals surface area contributed by atoms with E-state index in [1.165, 1.54) is 6.92 Å². The molecule has 8 heteroatoms. The molecule has 0 radical (unpaired) electrons. The number of aryl methyl sites for hydroxylation is 1. The molecule has 0 aromatic heterocycles. The maximum absolute atomic E-state index is 11.5. The van der Waals surface area contributed by atoms with Crippen molar-refractivity contribution in [2.24, 2.45) is 0 Å². The van der Waals surface area contributed by atoms with Crippen molar-refractivity contribution >= 4 is 21.8 Å². The van der Waals surface area contributed by atoms with Crippen LogP contribution in [0.4, 0.5) is 10.5 Å². The fourth-order valence-electron chi connectivity index (χ4n) is 2.35. The minimum Gasteiger partial charge on any atom is -0.488 e. The number of nitrogens with zero attached hydrogens (tertiary/aromatic N) is 1. The smallest absolute Gasteiger partial charge is 0.412 e. The maximum atomic E-state index is 11.5. The Bertz CT molecular complexity index is 700. The number of hydrogen-bond donors (Lipinski definition) is 2. The summed E-state index contributed by atoms with van der Waals surface area (Å²) in [7, 11) is -3.47. The van der Waals surface area contributed by atoms with Crippen LogP contribution >= 0.6 is 0 Å². The van der Waals surface area contributed by atoms with Gasteiger partial charge in [-0.2, -0.15) is 4.72 Å². The molecule has 0 saturated heterocycles. The average molecular weight is 342 g/mol. The van der Waals surface area contributed by atoms with Crippen molar-refractivity contribution in [3.05, 3.63) is 23.8 Å². The number of fused-ring (bicyclic) bond motifs is 1. The molecule has 128 valence electrons. The van der Waals surface area contributed by atoms with Crippen LogP contribution in [-0.4, -0.2) is 37.6 Å². The van der Waals surface area contributed by atoms with Crippen molar-refractivity contribution in [2.75, 3.05) is 17.3 Å². The van der Waals surface area contributed by atoms with Gasteiger partial charge in [-0.3, -0.25) is 4.90 Å². The minimum absolute atomic E-state index is 0.104. The Balaban J connectivity index is 2.23. The highest BCUT2D eigenvalue weighted by Crippen LogP contribution is 2.35. The van der Waals surface area contributed by atoms with Gasteiger partial charge in [0.2, 0.25) is 10.0 Å². The molecule has 7 nitrogen and oxygen atoms in total. The molecular weight excluding hydrogens is 320 g/mol. The number of amides is 1. The van der Waals surface area contributed by atoms with Crippen molar-refractivity contribution in [1.82, 2.24) is 4.72 Å². The number of rotatable bonds is 5. The molecule has 1 aromatic carbocycles. The molecule has 1 amide bonds. The summed E-state index contributed by atoms with van der Waals surface area (Å²) in [5.74, 6) is 0.637. The van der Waals surface area contributed by atoms with E-state index in [4.69, 9.17) is 4.74 Å². The first-order valence-electron chi connectivity index (χ1n) is 7.43. The molecule has 0 atom stereocenters. The predicted molar refractivity (Wildman–Crippen MR) is 87.4 cm³/mol. The normalized spacial score (nSPS) is 16.3. The van der Waals surface area contributed by atoms with Crippen LogP contribution in [0.25, 0.3) is 0 Å². The number of nitrogens with one attached hydrogen (secondary N) is 1. The van der Waals surface area contributed by atoms with Gasteiger partial charge in [-0.1, -0.05) is 0 Å². The summed E-state index contributed by atoms with van der Waals surface area (Å²) in [5, 5.41) is 9.34. The van der Waals surface area contributed by atoms with E-state index >= 15 is 0 Å². The molecule has 0 spiro atoms. The van der Waals surface area contributed by atoms with Crippen LogP contribution in [0, 0.1) is 0 Å². The third-order valence-electron chi connectivity index (χ3n) is 3.79. The second kappa shape index (κ2) is 6.37. The average Bonchev–Trinajstić information content (AvgIpc) is 2.46. The van der Waals surface area contributed by atoms with E-state index in [9.17, 15) is 18.3 Å². The highest BCUT2D eigenvalue weighted by atomic mass is 32.2. The Morgan fingerprint density at radius 1 is 1.43 bits per heavy atom. The summed E-state index contributed by atoms with van der Waals surface area (Å²) in [6.07, 6.45) is 0.393. The van der Waals surface area contributed by atoms with E-state index in [-0.39, 0.29) is 18.0 Å². The number of sulfonamides is 1. The molecule has 0 bridgehead atoms. The quantitative estimate of drug-likeness (QED) is 0.800. The summed E-state index contributed by atoms with van der Waals surface area (Å²) in [5.41, 5.74) is 1.10. The monoisotopic (exact) mass is 342 g/mol. The molecule has 2 rings (SSSR count). The first kappa shape index (κ1) is 17.6. The molecule has 1 aromatic rings. The Labute approximate surface area is 136 Å². The summed E-state index contributed by atoms with van der Waals surface area (Å²) in [6, 6.07) is 5.09. The van der Waals surface area contributed by atoms with Gasteiger partial charge in [0.15, 0.2) is 0 Å². The summed E-state index contributed by atoms with van der Waals surface area (Å²) in [4.78, 5) is 12.4. The second-order valence-corrected chi connectivity index (χ2v) is 8.17. The highest BCUT2D eigenvalue weighted by Gasteiger charge is 2.27. The maximum Gasteiger partial charge on any atom is 0.412 e. The van der Waals surface area contributed by atoms with Crippen molar-refractivity contribution in [2.45, 2.75) is 39.2 Å². The zero-order valence-electron chi connectivity index (χ0n) is 13.5. The van der Waals surface area contributed by atoms with E-state index < -0.39 is 16.1 Å². The van der Waals surface area contributed by atoms with Crippen LogP contribution in [0.3, 0.4) is 0 Å². The van der Waals surface area contributed by atoms with Crippen LogP contribution in [0.15, 0.2) is 18.2 Å². The van der Waals surface area contributed by atoms with E-state index in [0.29, 0.717) is 5.69 Å². The van der Waals surface area contributed by atoms with Crippen molar-refractivity contribution < 1.29 is 23.1 Å². The zero-order valence-corrected chi connectivity index (χ0v) is 14.3. The molecule has 0 fully saturated rings. The van der Waals surface area contributed by atoms with Crippen LogP contribution in [0.1, 0.15) is 32.8 Å². The van der Waals surface area contributed by atoms with E-state index in [0.717, 1.165) is 29.1 Å². The third kappa shape index (κ3) is 4.35. The van der Waals surface area contributed by atoms with Gasteiger partial charge in [-0.15, -0.1) is 0 Å². The summed E-state index contributed by atoms with van der Waals surface area (Å²) < 4.78 is 31.2. The van der Waals surface area contributed by atoms with Crippen molar-refractivity contribution in [1.29, 1.82) is 0 Å². The van der Waals surface area contributed by atoms with E-state index in [1.54, 1.807) is 18.2 Å². The SMILES string of the molecule is CCS(=O)(=O)NCN(C(=O)O)c1ccc2c(c1)CCC(C)(C)O2. The number of carbonyl (C=O) groups is 1. The largest absolute Gasteiger partial charge is 0.488 e. The van der Waals surface area contributed by atoms with Crippen molar-refractivity contribution in [3.8, 4) is 5.75 Å². The van der Waals surface area contributed by atoms with Gasteiger partial charge in [0.05, 0.1) is 12.4 Å². The van der Waals surface area contributed by atoms with Gasteiger partial charge in [0, 0.05) is 5.69 Å². The second-order valence-electron chi connectivity index (χ2n) is 6.07. The third-order valence-corrected chi connectivity index (χ3v) is 5.12. The number of anilines is 1. The van der Waals surface area contributed by atoms with Crippen LogP contribution in [0.5, 0.6) is 5.75 Å². The van der Waals surface area contributed by atoms with Crippen LogP contribution in [0.2, 0.25) is 0 Å². The number of ether oxygens (including phenoxy) is 1. The van der Waals surface area contributed by atoms with Gasteiger partial charge in [0.1, 0.15) is 11.4 Å². The van der Waals surface area contributed by atoms with Gasteiger partial charge in [0.25, 0.3) is 0 Å². The van der Waals surface area contributed by atoms with E-state index in [2.05, 4.69) is 4.72 Å². The lowest BCUT2D eigenvalue weighted by molar-refractivity contribution is 0.0847. The molecule has 1 heterocycles. The minimum atomic E-state index is -3.47. The Hall–Kier alpha value is -1.80. The number of hydrogen-bond acceptors (Lipinski definition) is 4. The first-order chi connectivity index (χ1) is 10.6. The lowest BCUT2D eigenvalue weighted by Gasteiger charge is -2.33. The number of carboxylic acid groups (broad SMARTS) is 1. The van der Waals surface area contributed by atoms with Crippen molar-refractivity contribution in [3.63, 3.8) is 0 Å². The Kier molecular flexibility index (Phi) is 4.86. The fraction of sp³-hybridized carbons (Fsp3) is 0.533. The molecule has 1 aliphatic rings. The summed E-state index contributed by atoms with van der Waals surface area (Å²) in [6.45, 7) is 5.18. The highest BCUT2D eigenvalue weighted by molar-refractivity contribution is 7.89. The fourth-order valence-corrected chi connectivity index (χ4v) is 2.88. The summed E-state index contributed by atoms with van der Waals surface area (Å²) >= 11 is 0. The Morgan fingerprint density at radius 2 is 2.13 bits per heavy atom. The van der Waals surface area contributed by atoms with Gasteiger partial charge >= 0.3 is 6.09 Å². The van der Waals surface area contributed by atoms with Crippen LogP contribution < -0.4 is 14.4 Å². The standard InChI is InChI=1S/C15H22N2O5S/c1-4-23(20,21)16-10-17(14(18)19)12-5-6-13-11(9-12)7-8-15(2,3)22-13/h5-6,9,16H,4,7-8,10H2,1-3H3,(H,18,19). The molecular formula is C15H22N2O5S. The predicted octanol–water partition coefficient (Wildman–Crippen LogP) is 2.17. The van der Waals surface area contributed by atoms with Gasteiger partial charge in [-0.25, -0.2) is 13.2 Å².